The fourth-order valence-corrected chi connectivity index (χ4v) is 2.17. The molecule has 0 unspecified atom stereocenters. The fraction of sp³-hybridized carbons (Fsp3) is 0.158. The second kappa shape index (κ2) is 9.72. The number of anilines is 1. The van der Waals surface area contributed by atoms with E-state index in [0.717, 1.165) is 6.08 Å². The predicted octanol–water partition coefficient (Wildman–Crippen LogP) is 2.81. The van der Waals surface area contributed by atoms with E-state index >= 15 is 0 Å². The molecule has 0 saturated carbocycles. The first kappa shape index (κ1) is 20.4. The zero-order valence-corrected chi connectivity index (χ0v) is 15.2. The molecular weight excluding hydrogens is 368 g/mol. The van der Waals surface area contributed by atoms with Crippen molar-refractivity contribution in [2.75, 3.05) is 26.1 Å². The van der Waals surface area contributed by atoms with Crippen LogP contribution in [0.25, 0.3) is 6.08 Å². The summed E-state index contributed by atoms with van der Waals surface area (Å²) in [5.74, 6) is -0.281. The Morgan fingerprint density at radius 2 is 1.75 bits per heavy atom. The van der Waals surface area contributed by atoms with Gasteiger partial charge in [-0.25, -0.2) is 4.79 Å². The summed E-state index contributed by atoms with van der Waals surface area (Å²) in [6.45, 7) is -0.474. The average Bonchev–Trinajstić information content (AvgIpc) is 2.70. The second-order valence-corrected chi connectivity index (χ2v) is 5.41. The molecule has 0 aliphatic heterocycles. The number of nitrogens with zero attached hydrogens (tertiary/aromatic N) is 1. The first-order valence-electron chi connectivity index (χ1n) is 8.04. The third-order valence-electron chi connectivity index (χ3n) is 3.53. The Balaban J connectivity index is 1.85. The van der Waals surface area contributed by atoms with E-state index in [1.54, 1.807) is 18.2 Å². The molecule has 1 N–H and O–H groups in total. The number of nitro benzene ring substituents is 1. The van der Waals surface area contributed by atoms with Crippen molar-refractivity contribution in [1.29, 1.82) is 0 Å². The van der Waals surface area contributed by atoms with Gasteiger partial charge < -0.3 is 19.5 Å². The maximum atomic E-state index is 11.9. The van der Waals surface area contributed by atoms with Gasteiger partial charge in [0.15, 0.2) is 18.1 Å². The van der Waals surface area contributed by atoms with Gasteiger partial charge >= 0.3 is 5.97 Å². The third kappa shape index (κ3) is 5.84. The molecule has 9 heteroatoms. The number of ether oxygens (including phenoxy) is 3. The van der Waals surface area contributed by atoms with Crippen molar-refractivity contribution >= 4 is 29.3 Å². The number of hydrogen-bond donors (Lipinski definition) is 1. The van der Waals surface area contributed by atoms with Crippen LogP contribution in [0.5, 0.6) is 11.5 Å². The number of hydrogen-bond acceptors (Lipinski definition) is 7. The van der Waals surface area contributed by atoms with E-state index in [-0.39, 0.29) is 5.69 Å². The minimum Gasteiger partial charge on any atom is -0.493 e. The summed E-state index contributed by atoms with van der Waals surface area (Å²) >= 11 is 0. The zero-order chi connectivity index (χ0) is 20.5. The highest BCUT2D eigenvalue weighted by molar-refractivity contribution is 5.94. The van der Waals surface area contributed by atoms with E-state index in [2.05, 4.69) is 5.32 Å². The van der Waals surface area contributed by atoms with Crippen molar-refractivity contribution in [3.63, 3.8) is 0 Å². The molecule has 2 aromatic rings. The van der Waals surface area contributed by atoms with Gasteiger partial charge in [-0.1, -0.05) is 0 Å². The minimum atomic E-state index is -0.721. The predicted molar refractivity (Wildman–Crippen MR) is 101 cm³/mol. The van der Waals surface area contributed by atoms with Gasteiger partial charge in [0.25, 0.3) is 11.6 Å². The molecule has 2 aromatic carbocycles. The summed E-state index contributed by atoms with van der Waals surface area (Å²) in [6, 6.07) is 10.5. The highest BCUT2D eigenvalue weighted by Crippen LogP contribution is 2.29. The van der Waals surface area contributed by atoms with Crippen molar-refractivity contribution in [3.8, 4) is 11.5 Å². The van der Waals surface area contributed by atoms with Crippen LogP contribution in [0.1, 0.15) is 5.56 Å². The van der Waals surface area contributed by atoms with Crippen LogP contribution in [0, 0.1) is 10.1 Å². The van der Waals surface area contributed by atoms with Crippen LogP contribution in [-0.2, 0) is 14.3 Å². The van der Waals surface area contributed by atoms with Gasteiger partial charge in [0.2, 0.25) is 0 Å². The molecule has 146 valence electrons. The maximum Gasteiger partial charge on any atom is 0.331 e. The molecule has 0 saturated heterocycles. The quantitative estimate of drug-likeness (QED) is 0.321. The van der Waals surface area contributed by atoms with E-state index in [1.165, 1.54) is 44.6 Å². The van der Waals surface area contributed by atoms with Crippen LogP contribution in [0.15, 0.2) is 48.5 Å². The number of nitrogens with one attached hydrogen (secondary N) is 1. The molecule has 0 atom stereocenters. The molecule has 0 bridgehead atoms. The number of benzene rings is 2. The molecule has 9 nitrogen and oxygen atoms in total. The topological polar surface area (TPSA) is 117 Å². The first-order chi connectivity index (χ1) is 13.4. The average molecular weight is 386 g/mol. The third-order valence-corrected chi connectivity index (χ3v) is 3.53. The van der Waals surface area contributed by atoms with Gasteiger partial charge in [-0.15, -0.1) is 0 Å². The highest BCUT2D eigenvalue weighted by atomic mass is 16.6. The van der Waals surface area contributed by atoms with Crippen LogP contribution in [-0.4, -0.2) is 37.6 Å². The number of methoxy groups -OCH3 is 2. The number of carbonyl (C=O) groups is 2. The molecule has 0 spiro atoms. The van der Waals surface area contributed by atoms with Crippen molar-refractivity contribution in [1.82, 2.24) is 0 Å². The molecule has 0 aromatic heterocycles. The summed E-state index contributed by atoms with van der Waals surface area (Å²) in [5.41, 5.74) is 0.990. The molecule has 0 radical (unpaired) electrons. The van der Waals surface area contributed by atoms with Gasteiger partial charge in [0.1, 0.15) is 0 Å². The summed E-state index contributed by atoms with van der Waals surface area (Å²) in [7, 11) is 2.97. The lowest BCUT2D eigenvalue weighted by molar-refractivity contribution is -0.384. The van der Waals surface area contributed by atoms with E-state index < -0.39 is 23.4 Å². The fourth-order valence-electron chi connectivity index (χ4n) is 2.17. The lowest BCUT2D eigenvalue weighted by Crippen LogP contribution is -2.20. The Labute approximate surface area is 160 Å². The maximum absolute atomic E-state index is 11.9. The summed E-state index contributed by atoms with van der Waals surface area (Å²) < 4.78 is 15.1. The molecular formula is C19H18N2O7. The largest absolute Gasteiger partial charge is 0.493 e. The lowest BCUT2D eigenvalue weighted by atomic mass is 10.2. The normalized spacial score (nSPS) is 10.4. The van der Waals surface area contributed by atoms with E-state index in [4.69, 9.17) is 14.2 Å². The SMILES string of the molecule is COc1ccc(NC(=O)COC(=O)/C=C/c2ccc([N+](=O)[O-])cc2)cc1OC. The van der Waals surface area contributed by atoms with Crippen LogP contribution in [0.3, 0.4) is 0 Å². The first-order valence-corrected chi connectivity index (χ1v) is 8.04. The van der Waals surface area contributed by atoms with Crippen LogP contribution < -0.4 is 14.8 Å². The molecule has 1 amide bonds. The number of rotatable bonds is 8. The van der Waals surface area contributed by atoms with E-state index in [9.17, 15) is 19.7 Å². The van der Waals surface area contributed by atoms with Gasteiger partial charge in [0.05, 0.1) is 19.1 Å². The number of amides is 1. The highest BCUT2D eigenvalue weighted by Gasteiger charge is 2.09. The number of esters is 1. The van der Waals surface area contributed by atoms with Crippen LogP contribution in [0.4, 0.5) is 11.4 Å². The standard InChI is InChI=1S/C19H18N2O7/c1-26-16-9-6-14(11-17(16)27-2)20-18(22)12-28-19(23)10-5-13-3-7-15(8-4-13)21(24)25/h3-11H,12H2,1-2H3,(H,20,22)/b10-5+. The van der Waals surface area contributed by atoms with Gasteiger partial charge in [0, 0.05) is 30.0 Å². The number of carbonyl (C=O) groups excluding carboxylic acids is 2. The molecule has 2 rings (SSSR count). The number of nitro groups is 1. The molecule has 0 aliphatic carbocycles. The van der Waals surface area contributed by atoms with E-state index in [1.807, 2.05) is 0 Å². The molecule has 0 fully saturated rings. The zero-order valence-electron chi connectivity index (χ0n) is 15.2. The van der Waals surface area contributed by atoms with Crippen molar-refractivity contribution in [2.45, 2.75) is 0 Å². The van der Waals surface area contributed by atoms with Gasteiger partial charge in [-0.2, -0.15) is 0 Å². The second-order valence-electron chi connectivity index (χ2n) is 5.41. The van der Waals surface area contributed by atoms with Crippen molar-refractivity contribution in [2.24, 2.45) is 0 Å². The van der Waals surface area contributed by atoms with Gasteiger partial charge in [-0.3, -0.25) is 14.9 Å². The molecule has 0 aliphatic rings. The molecule has 0 heterocycles. The number of non-ortho nitro benzene ring substituents is 1. The monoisotopic (exact) mass is 386 g/mol. The smallest absolute Gasteiger partial charge is 0.331 e. The van der Waals surface area contributed by atoms with E-state index in [0.29, 0.717) is 22.7 Å². The Morgan fingerprint density at radius 3 is 2.36 bits per heavy atom. The summed E-state index contributed by atoms with van der Waals surface area (Å²) in [6.07, 6.45) is 2.56. The summed E-state index contributed by atoms with van der Waals surface area (Å²) in [5, 5.41) is 13.2. The van der Waals surface area contributed by atoms with Crippen molar-refractivity contribution < 1.29 is 28.7 Å². The Bertz CT molecular complexity index is 892. The van der Waals surface area contributed by atoms with Gasteiger partial charge in [-0.05, 0) is 35.9 Å². The minimum absolute atomic E-state index is 0.0495. The van der Waals surface area contributed by atoms with Crippen LogP contribution >= 0.6 is 0 Å². The Kier molecular flexibility index (Phi) is 7.09. The Morgan fingerprint density at radius 1 is 1.07 bits per heavy atom. The lowest BCUT2D eigenvalue weighted by Gasteiger charge is -2.10. The summed E-state index contributed by atoms with van der Waals surface area (Å²) in [4.78, 5) is 33.7. The van der Waals surface area contributed by atoms with Crippen molar-refractivity contribution in [3.05, 3.63) is 64.2 Å². The van der Waals surface area contributed by atoms with Crippen LogP contribution in [0.2, 0.25) is 0 Å². The Hall–Kier alpha value is -3.88. The molecule has 28 heavy (non-hydrogen) atoms.